The lowest BCUT2D eigenvalue weighted by Gasteiger charge is -2.08. The van der Waals surface area contributed by atoms with E-state index in [-0.39, 0.29) is 12.4 Å². The number of hydrogen-bond donors (Lipinski definition) is 1. The number of hydrogen-bond acceptors (Lipinski definition) is 4. The van der Waals surface area contributed by atoms with Gasteiger partial charge in [-0.05, 0) is 30.7 Å². The molecule has 0 aliphatic rings. The fraction of sp³-hybridized carbons (Fsp3) is 0.222. The summed E-state index contributed by atoms with van der Waals surface area (Å²) >= 11 is 0. The Kier molecular flexibility index (Phi) is 6.31. The number of amides is 1. The van der Waals surface area contributed by atoms with E-state index in [0.29, 0.717) is 12.1 Å². The van der Waals surface area contributed by atoms with Gasteiger partial charge in [-0.15, -0.1) is 0 Å². The van der Waals surface area contributed by atoms with Gasteiger partial charge >= 0.3 is 0 Å². The number of methoxy groups -OCH3 is 1. The molecule has 0 heterocycles. The highest BCUT2D eigenvalue weighted by Gasteiger charge is 2.07. The van der Waals surface area contributed by atoms with Crippen molar-refractivity contribution in [1.29, 1.82) is 0 Å². The predicted molar refractivity (Wildman–Crippen MR) is 89.8 cm³/mol. The maximum Gasteiger partial charge on any atom is 0.277 e. The first-order valence-electron chi connectivity index (χ1n) is 7.41. The number of nitrogens with one attached hydrogen (secondary N) is 1. The lowest BCUT2D eigenvalue weighted by atomic mass is 10.1. The summed E-state index contributed by atoms with van der Waals surface area (Å²) in [6, 6.07) is 13.5. The maximum atomic E-state index is 13.4. The van der Waals surface area contributed by atoms with Crippen molar-refractivity contribution in [3.8, 4) is 11.5 Å². The van der Waals surface area contributed by atoms with E-state index >= 15 is 0 Å². The highest BCUT2D eigenvalue weighted by Crippen LogP contribution is 2.18. The summed E-state index contributed by atoms with van der Waals surface area (Å²) in [6.07, 6.45) is 0.540. The van der Waals surface area contributed by atoms with Crippen LogP contribution in [0.1, 0.15) is 12.5 Å². The fourth-order valence-corrected chi connectivity index (χ4v) is 2.06. The van der Waals surface area contributed by atoms with Gasteiger partial charge in [0.25, 0.3) is 5.91 Å². The standard InChI is InChI=1S/C18H19FN2O3/c1-13(11-14-7-3-5-9-16(14)23-2)20-21-18(22)12-24-17-10-6-4-8-15(17)19/h3-10H,11-12H2,1-2H3,(H,21,22)/b20-13-. The summed E-state index contributed by atoms with van der Waals surface area (Å²) in [5.41, 5.74) is 4.07. The van der Waals surface area contributed by atoms with Crippen LogP contribution in [0.15, 0.2) is 53.6 Å². The van der Waals surface area contributed by atoms with Crippen LogP contribution in [0.3, 0.4) is 0 Å². The Morgan fingerprint density at radius 3 is 2.50 bits per heavy atom. The molecule has 0 spiro atoms. The molecule has 0 aliphatic carbocycles. The van der Waals surface area contributed by atoms with Crippen LogP contribution in [-0.2, 0) is 11.2 Å². The SMILES string of the molecule is COc1ccccc1C/C(C)=N\NC(=O)COc1ccccc1F. The Balaban J connectivity index is 1.85. The summed E-state index contributed by atoms with van der Waals surface area (Å²) in [6.45, 7) is 1.48. The number of rotatable bonds is 7. The first-order chi connectivity index (χ1) is 11.6. The highest BCUT2D eigenvalue weighted by atomic mass is 19.1. The Bertz CT molecular complexity index is 732. The third-order valence-electron chi connectivity index (χ3n) is 3.21. The van der Waals surface area contributed by atoms with Crippen LogP contribution in [0.4, 0.5) is 4.39 Å². The Morgan fingerprint density at radius 1 is 1.12 bits per heavy atom. The van der Waals surface area contributed by atoms with E-state index in [1.54, 1.807) is 26.2 Å². The monoisotopic (exact) mass is 330 g/mol. The van der Waals surface area contributed by atoms with E-state index in [9.17, 15) is 9.18 Å². The van der Waals surface area contributed by atoms with E-state index in [1.807, 2.05) is 24.3 Å². The predicted octanol–water partition coefficient (Wildman–Crippen LogP) is 2.95. The average molecular weight is 330 g/mol. The van der Waals surface area contributed by atoms with Crippen molar-refractivity contribution >= 4 is 11.6 Å². The lowest BCUT2D eigenvalue weighted by molar-refractivity contribution is -0.123. The van der Waals surface area contributed by atoms with E-state index in [0.717, 1.165) is 11.3 Å². The van der Waals surface area contributed by atoms with Crippen LogP contribution < -0.4 is 14.9 Å². The van der Waals surface area contributed by atoms with Gasteiger partial charge in [0.15, 0.2) is 18.2 Å². The molecule has 0 radical (unpaired) electrons. The zero-order valence-corrected chi connectivity index (χ0v) is 13.6. The van der Waals surface area contributed by atoms with Gasteiger partial charge in [-0.2, -0.15) is 5.10 Å². The van der Waals surface area contributed by atoms with Crippen molar-refractivity contribution in [3.63, 3.8) is 0 Å². The number of halogens is 1. The molecule has 2 aromatic rings. The first kappa shape index (κ1) is 17.5. The van der Waals surface area contributed by atoms with Gasteiger partial charge in [-0.1, -0.05) is 30.3 Å². The maximum absolute atomic E-state index is 13.4. The summed E-state index contributed by atoms with van der Waals surface area (Å²) < 4.78 is 23.8. The molecule has 0 bridgehead atoms. The molecule has 1 amide bonds. The third-order valence-corrected chi connectivity index (χ3v) is 3.21. The van der Waals surface area contributed by atoms with Gasteiger partial charge in [0, 0.05) is 12.1 Å². The molecule has 0 atom stereocenters. The minimum absolute atomic E-state index is 0.0300. The number of benzene rings is 2. The van der Waals surface area contributed by atoms with Crippen LogP contribution in [-0.4, -0.2) is 25.3 Å². The minimum atomic E-state index is -0.513. The smallest absolute Gasteiger partial charge is 0.277 e. The summed E-state index contributed by atoms with van der Waals surface area (Å²) in [7, 11) is 1.60. The average Bonchev–Trinajstić information content (AvgIpc) is 2.59. The molecule has 6 heteroatoms. The lowest BCUT2D eigenvalue weighted by Crippen LogP contribution is -2.26. The van der Waals surface area contributed by atoms with E-state index < -0.39 is 11.7 Å². The van der Waals surface area contributed by atoms with Gasteiger partial charge in [-0.25, -0.2) is 9.82 Å². The molecule has 126 valence electrons. The normalized spacial score (nSPS) is 11.0. The van der Waals surface area contributed by atoms with Crippen LogP contribution >= 0.6 is 0 Å². The van der Waals surface area contributed by atoms with Gasteiger partial charge in [-0.3, -0.25) is 4.79 Å². The second kappa shape index (κ2) is 8.67. The van der Waals surface area contributed by atoms with Crippen LogP contribution in [0.5, 0.6) is 11.5 Å². The molecule has 0 aliphatic heterocycles. The Hall–Kier alpha value is -2.89. The summed E-state index contributed by atoms with van der Waals surface area (Å²) in [4.78, 5) is 11.7. The molecule has 24 heavy (non-hydrogen) atoms. The molecule has 0 unspecified atom stereocenters. The Morgan fingerprint density at radius 2 is 1.79 bits per heavy atom. The first-order valence-corrected chi connectivity index (χ1v) is 7.41. The fourth-order valence-electron chi connectivity index (χ4n) is 2.06. The quantitative estimate of drug-likeness (QED) is 0.627. The largest absolute Gasteiger partial charge is 0.496 e. The molecular weight excluding hydrogens is 311 g/mol. The van der Waals surface area contributed by atoms with E-state index in [2.05, 4.69) is 10.5 Å². The van der Waals surface area contributed by atoms with Crippen molar-refractivity contribution in [1.82, 2.24) is 5.43 Å². The zero-order chi connectivity index (χ0) is 17.4. The highest BCUT2D eigenvalue weighted by molar-refractivity contribution is 5.86. The van der Waals surface area contributed by atoms with Crippen molar-refractivity contribution in [3.05, 3.63) is 59.9 Å². The van der Waals surface area contributed by atoms with Crippen molar-refractivity contribution in [2.75, 3.05) is 13.7 Å². The van der Waals surface area contributed by atoms with Crippen molar-refractivity contribution < 1.29 is 18.7 Å². The number of carbonyl (C=O) groups is 1. The van der Waals surface area contributed by atoms with Crippen molar-refractivity contribution in [2.24, 2.45) is 5.10 Å². The molecule has 0 saturated heterocycles. The molecule has 2 aromatic carbocycles. The molecule has 1 N–H and O–H groups in total. The van der Waals surface area contributed by atoms with Crippen LogP contribution in [0.25, 0.3) is 0 Å². The molecule has 0 fully saturated rings. The topological polar surface area (TPSA) is 59.9 Å². The van der Waals surface area contributed by atoms with E-state index in [4.69, 9.17) is 9.47 Å². The second-order valence-electron chi connectivity index (χ2n) is 5.09. The van der Waals surface area contributed by atoms with E-state index in [1.165, 1.54) is 12.1 Å². The molecule has 0 saturated carbocycles. The molecule has 2 rings (SSSR count). The van der Waals surface area contributed by atoms with Gasteiger partial charge in [0.1, 0.15) is 5.75 Å². The van der Waals surface area contributed by atoms with Gasteiger partial charge < -0.3 is 9.47 Å². The molecular formula is C18H19FN2O3. The van der Waals surface area contributed by atoms with Crippen LogP contribution in [0.2, 0.25) is 0 Å². The summed E-state index contributed by atoms with van der Waals surface area (Å²) in [5.74, 6) is -0.178. The second-order valence-corrected chi connectivity index (χ2v) is 5.09. The van der Waals surface area contributed by atoms with Gasteiger partial charge in [0.2, 0.25) is 0 Å². The molecule has 5 nitrogen and oxygen atoms in total. The number of ether oxygens (including phenoxy) is 2. The van der Waals surface area contributed by atoms with Gasteiger partial charge in [0.05, 0.1) is 7.11 Å². The third kappa shape index (κ3) is 5.08. The van der Waals surface area contributed by atoms with Crippen LogP contribution in [0, 0.1) is 5.82 Å². The minimum Gasteiger partial charge on any atom is -0.496 e. The number of carbonyl (C=O) groups excluding carboxylic acids is 1. The summed E-state index contributed by atoms with van der Waals surface area (Å²) in [5, 5.41) is 4.02. The van der Waals surface area contributed by atoms with Crippen molar-refractivity contribution in [2.45, 2.75) is 13.3 Å². The Labute approximate surface area is 140 Å². The molecule has 0 aromatic heterocycles. The number of nitrogens with zero attached hydrogens (tertiary/aromatic N) is 1. The zero-order valence-electron chi connectivity index (χ0n) is 13.6. The number of para-hydroxylation sites is 2. The number of hydrazone groups is 1.